The van der Waals surface area contributed by atoms with Gasteiger partial charge in [-0.3, -0.25) is 0 Å². The van der Waals surface area contributed by atoms with Crippen LogP contribution in [0, 0.1) is 11.6 Å². The molecule has 0 unspecified atom stereocenters. The molecule has 5 nitrogen and oxygen atoms in total. The third-order valence-corrected chi connectivity index (χ3v) is 5.63. The molecule has 0 saturated carbocycles. The van der Waals surface area contributed by atoms with Gasteiger partial charge in [-0.25, -0.2) is 13.6 Å². The topological polar surface area (TPSA) is 54.5 Å². The lowest BCUT2D eigenvalue weighted by molar-refractivity contribution is 0.115. The fraction of sp³-hybridized carbons (Fsp3) is 0.263. The van der Waals surface area contributed by atoms with Gasteiger partial charge in [0.1, 0.15) is 17.4 Å². The maximum Gasteiger partial charge on any atom is 0.321 e. The van der Waals surface area contributed by atoms with Crippen LogP contribution in [0.2, 0.25) is 5.02 Å². The van der Waals surface area contributed by atoms with Crippen LogP contribution in [-0.4, -0.2) is 35.1 Å². The zero-order valence-corrected chi connectivity index (χ0v) is 16.2. The normalized spacial score (nSPS) is 15.0. The maximum absolute atomic E-state index is 13.8. The molecule has 9 heteroatoms. The van der Waals surface area contributed by atoms with Gasteiger partial charge in [0.15, 0.2) is 5.82 Å². The highest BCUT2D eigenvalue weighted by atomic mass is 35.5. The number of benzene rings is 2. The van der Waals surface area contributed by atoms with E-state index >= 15 is 0 Å². The van der Waals surface area contributed by atoms with E-state index in [1.54, 1.807) is 29.2 Å². The van der Waals surface area contributed by atoms with E-state index < -0.39 is 11.6 Å². The summed E-state index contributed by atoms with van der Waals surface area (Å²) >= 11 is 6.95. The molecule has 0 spiro atoms. The lowest BCUT2D eigenvalue weighted by Gasteiger charge is -2.31. The smallest absolute Gasteiger partial charge is 0.321 e. The number of rotatable bonds is 3. The van der Waals surface area contributed by atoms with Gasteiger partial charge < -0.3 is 15.0 Å². The first-order valence-electron chi connectivity index (χ1n) is 8.71. The summed E-state index contributed by atoms with van der Waals surface area (Å²) in [6.45, 7) is 1.05. The molecule has 2 amide bonds. The second kappa shape index (κ2) is 7.89. The quantitative estimate of drug-likeness (QED) is 0.621. The minimum Gasteiger partial charge on any atom is -0.467 e. The number of carbonyl (C=O) groups is 1. The number of amides is 2. The fourth-order valence-corrected chi connectivity index (χ4v) is 4.09. The van der Waals surface area contributed by atoms with Gasteiger partial charge in [0, 0.05) is 42.7 Å². The summed E-state index contributed by atoms with van der Waals surface area (Å²) < 4.78 is 33.3. The van der Waals surface area contributed by atoms with Crippen molar-refractivity contribution in [3.8, 4) is 5.19 Å². The molecule has 2 aromatic carbocycles. The van der Waals surface area contributed by atoms with Crippen LogP contribution in [0.25, 0.3) is 10.2 Å². The van der Waals surface area contributed by atoms with E-state index in [1.165, 1.54) is 6.07 Å². The first kappa shape index (κ1) is 18.9. The van der Waals surface area contributed by atoms with E-state index in [1.807, 2.05) is 0 Å². The number of ether oxygens (including phenoxy) is 1. The summed E-state index contributed by atoms with van der Waals surface area (Å²) in [6.07, 6.45) is 1.12. The number of urea groups is 1. The monoisotopic (exact) mass is 423 g/mol. The number of carbonyl (C=O) groups excluding carboxylic acids is 1. The summed E-state index contributed by atoms with van der Waals surface area (Å²) in [5.41, 5.74) is 0.790. The first-order valence-corrected chi connectivity index (χ1v) is 9.91. The molecule has 1 N–H and O–H groups in total. The Bertz CT molecular complexity index is 1000. The minimum absolute atomic E-state index is 0.112. The molecule has 1 fully saturated rings. The van der Waals surface area contributed by atoms with Crippen molar-refractivity contribution in [3.05, 3.63) is 53.1 Å². The molecule has 1 aliphatic heterocycles. The number of piperidine rings is 1. The third-order valence-electron chi connectivity index (χ3n) is 4.49. The predicted molar refractivity (Wildman–Crippen MR) is 105 cm³/mol. The number of hydrogen-bond donors (Lipinski definition) is 1. The number of anilines is 1. The van der Waals surface area contributed by atoms with Gasteiger partial charge in [0.2, 0.25) is 0 Å². The highest BCUT2D eigenvalue weighted by molar-refractivity contribution is 7.20. The van der Waals surface area contributed by atoms with Gasteiger partial charge >= 0.3 is 6.03 Å². The summed E-state index contributed by atoms with van der Waals surface area (Å²) in [5.74, 6) is -1.34. The van der Waals surface area contributed by atoms with Crippen LogP contribution in [0.5, 0.6) is 5.19 Å². The number of halogens is 3. The fourth-order valence-electron chi connectivity index (χ4n) is 3.04. The Kier molecular flexibility index (Phi) is 5.32. The molecule has 3 aromatic rings. The van der Waals surface area contributed by atoms with Crippen LogP contribution in [0.1, 0.15) is 12.8 Å². The van der Waals surface area contributed by atoms with Crippen molar-refractivity contribution >= 4 is 44.9 Å². The van der Waals surface area contributed by atoms with Crippen LogP contribution in [-0.2, 0) is 0 Å². The van der Waals surface area contributed by atoms with Crippen LogP contribution < -0.4 is 10.1 Å². The maximum atomic E-state index is 13.8. The van der Waals surface area contributed by atoms with Crippen molar-refractivity contribution in [2.24, 2.45) is 0 Å². The standard InChI is InChI=1S/C19H16ClF2N3O2S/c20-11-1-3-13(4-2-11)23-18(26)25-7-5-14(6-8-25)27-19-24-17-15(22)9-12(21)10-16(17)28-19/h1-4,9-10,14H,5-8H2,(H,23,26). The van der Waals surface area contributed by atoms with Gasteiger partial charge in [-0.15, -0.1) is 0 Å². The van der Waals surface area contributed by atoms with Crippen molar-refractivity contribution in [1.82, 2.24) is 9.88 Å². The van der Waals surface area contributed by atoms with Gasteiger partial charge in [-0.05, 0) is 30.3 Å². The summed E-state index contributed by atoms with van der Waals surface area (Å²) in [6, 6.07) is 8.78. The SMILES string of the molecule is O=C(Nc1ccc(Cl)cc1)N1CCC(Oc2nc3c(F)cc(F)cc3s2)CC1. The lowest BCUT2D eigenvalue weighted by atomic mass is 10.1. The summed E-state index contributed by atoms with van der Waals surface area (Å²) in [7, 11) is 0. The number of nitrogens with one attached hydrogen (secondary N) is 1. The largest absolute Gasteiger partial charge is 0.467 e. The van der Waals surface area contributed by atoms with E-state index in [0.29, 0.717) is 46.5 Å². The first-order chi connectivity index (χ1) is 13.5. The Morgan fingerprint density at radius 3 is 2.64 bits per heavy atom. The lowest BCUT2D eigenvalue weighted by Crippen LogP contribution is -2.43. The average Bonchev–Trinajstić information content (AvgIpc) is 3.07. The molecular weight excluding hydrogens is 408 g/mol. The second-order valence-electron chi connectivity index (χ2n) is 6.46. The predicted octanol–water partition coefficient (Wildman–Crippen LogP) is 5.30. The Labute approximate surface area is 168 Å². The Morgan fingerprint density at radius 1 is 1.21 bits per heavy atom. The molecule has 2 heterocycles. The molecule has 0 aliphatic carbocycles. The second-order valence-corrected chi connectivity index (χ2v) is 7.89. The molecule has 1 saturated heterocycles. The molecule has 0 atom stereocenters. The number of hydrogen-bond acceptors (Lipinski definition) is 4. The van der Waals surface area contributed by atoms with Crippen molar-refractivity contribution in [2.75, 3.05) is 18.4 Å². The molecule has 0 bridgehead atoms. The van der Waals surface area contributed by atoms with E-state index in [9.17, 15) is 13.6 Å². The van der Waals surface area contributed by atoms with Crippen molar-refractivity contribution in [1.29, 1.82) is 0 Å². The number of nitrogens with zero attached hydrogens (tertiary/aromatic N) is 2. The van der Waals surface area contributed by atoms with E-state index in [4.69, 9.17) is 16.3 Å². The summed E-state index contributed by atoms with van der Waals surface area (Å²) in [4.78, 5) is 18.2. The van der Waals surface area contributed by atoms with E-state index in [2.05, 4.69) is 10.3 Å². The van der Waals surface area contributed by atoms with Crippen molar-refractivity contribution in [3.63, 3.8) is 0 Å². The van der Waals surface area contributed by atoms with Crippen molar-refractivity contribution < 1.29 is 18.3 Å². The molecule has 146 valence electrons. The number of aromatic nitrogens is 1. The molecular formula is C19H16ClF2N3O2S. The highest BCUT2D eigenvalue weighted by Crippen LogP contribution is 2.32. The Balaban J connectivity index is 1.33. The third kappa shape index (κ3) is 4.18. The molecule has 1 aromatic heterocycles. The summed E-state index contributed by atoms with van der Waals surface area (Å²) in [5, 5.41) is 3.75. The van der Waals surface area contributed by atoms with Gasteiger partial charge in [-0.2, -0.15) is 4.98 Å². The van der Waals surface area contributed by atoms with E-state index in [0.717, 1.165) is 17.4 Å². The Hall–Kier alpha value is -2.45. The molecule has 1 aliphatic rings. The zero-order chi connectivity index (χ0) is 19.7. The van der Waals surface area contributed by atoms with Crippen LogP contribution >= 0.6 is 22.9 Å². The molecule has 0 radical (unpaired) electrons. The van der Waals surface area contributed by atoms with E-state index in [-0.39, 0.29) is 17.7 Å². The van der Waals surface area contributed by atoms with Gasteiger partial charge in [0.05, 0.1) is 4.70 Å². The minimum atomic E-state index is -0.699. The zero-order valence-electron chi connectivity index (χ0n) is 14.6. The molecule has 28 heavy (non-hydrogen) atoms. The number of likely N-dealkylation sites (tertiary alicyclic amines) is 1. The van der Waals surface area contributed by atoms with Crippen LogP contribution in [0.3, 0.4) is 0 Å². The van der Waals surface area contributed by atoms with Gasteiger partial charge in [0.25, 0.3) is 5.19 Å². The average molecular weight is 424 g/mol. The van der Waals surface area contributed by atoms with Crippen LogP contribution in [0.15, 0.2) is 36.4 Å². The number of thiazole rings is 1. The van der Waals surface area contributed by atoms with Gasteiger partial charge in [-0.1, -0.05) is 22.9 Å². The number of fused-ring (bicyclic) bond motifs is 1. The highest BCUT2D eigenvalue weighted by Gasteiger charge is 2.25. The molecule has 4 rings (SSSR count). The van der Waals surface area contributed by atoms with Crippen LogP contribution in [0.4, 0.5) is 19.3 Å². The Morgan fingerprint density at radius 2 is 1.93 bits per heavy atom. The van der Waals surface area contributed by atoms with Crippen molar-refractivity contribution in [2.45, 2.75) is 18.9 Å².